The molecule has 2 aromatic rings. The van der Waals surface area contributed by atoms with E-state index in [9.17, 15) is 19.5 Å². The second-order valence-corrected chi connectivity index (χ2v) is 5.91. The molecule has 0 aliphatic heterocycles. The summed E-state index contributed by atoms with van der Waals surface area (Å²) in [6, 6.07) is 7.60. The first kappa shape index (κ1) is 17.5. The minimum Gasteiger partial charge on any atom is -0.508 e. The lowest BCUT2D eigenvalue weighted by Gasteiger charge is -2.13. The van der Waals surface area contributed by atoms with Gasteiger partial charge in [-0.05, 0) is 36.1 Å². The van der Waals surface area contributed by atoms with E-state index < -0.39 is 23.9 Å². The van der Waals surface area contributed by atoms with Crippen molar-refractivity contribution in [3.63, 3.8) is 0 Å². The number of hydrogen-bond acceptors (Lipinski definition) is 6. The summed E-state index contributed by atoms with van der Waals surface area (Å²) in [7, 11) is 0. The first-order valence-corrected chi connectivity index (χ1v) is 7.90. The van der Waals surface area contributed by atoms with Crippen LogP contribution in [-0.2, 0) is 20.7 Å². The third kappa shape index (κ3) is 4.56. The number of phenols is 1. The Bertz CT molecular complexity index is 754. The quantitative estimate of drug-likeness (QED) is 0.686. The van der Waals surface area contributed by atoms with Crippen molar-refractivity contribution in [2.45, 2.75) is 19.4 Å². The Balaban J connectivity index is 1.91. The first-order valence-electron chi connectivity index (χ1n) is 7.02. The van der Waals surface area contributed by atoms with Crippen LogP contribution in [0, 0.1) is 0 Å². The molecule has 0 aliphatic carbocycles. The molecule has 0 radical (unpaired) electrons. The molecule has 0 unspecified atom stereocenters. The van der Waals surface area contributed by atoms with Gasteiger partial charge in [0.25, 0.3) is 11.8 Å². The van der Waals surface area contributed by atoms with Gasteiger partial charge < -0.3 is 20.9 Å². The van der Waals surface area contributed by atoms with Crippen LogP contribution >= 0.6 is 11.3 Å². The van der Waals surface area contributed by atoms with Crippen LogP contribution < -0.4 is 11.1 Å². The molecule has 8 heteroatoms. The van der Waals surface area contributed by atoms with Gasteiger partial charge in [0.2, 0.25) is 0 Å². The third-order valence-electron chi connectivity index (χ3n) is 3.13. The van der Waals surface area contributed by atoms with Crippen LogP contribution in [0.25, 0.3) is 0 Å². The second kappa shape index (κ2) is 7.60. The first-order chi connectivity index (χ1) is 11.4. The second-order valence-electron chi connectivity index (χ2n) is 4.99. The van der Waals surface area contributed by atoms with Gasteiger partial charge in [-0.3, -0.25) is 14.4 Å². The Morgan fingerprint density at radius 1 is 1.25 bits per heavy atom. The molecule has 24 heavy (non-hydrogen) atoms. The molecule has 2 amide bonds. The molecule has 0 bridgehead atoms. The Morgan fingerprint density at radius 2 is 1.92 bits per heavy atom. The van der Waals surface area contributed by atoms with E-state index in [-0.39, 0.29) is 17.7 Å². The van der Waals surface area contributed by atoms with E-state index in [2.05, 4.69) is 5.32 Å². The molecule has 0 saturated carbocycles. The number of esters is 1. The molecule has 0 spiro atoms. The highest BCUT2D eigenvalue weighted by molar-refractivity contribution is 7.14. The lowest BCUT2D eigenvalue weighted by Crippen LogP contribution is -2.30. The van der Waals surface area contributed by atoms with Gasteiger partial charge in [-0.1, -0.05) is 12.1 Å². The number of aromatic hydroxyl groups is 1. The SMILES string of the molecule is C[C@@H](OC(=O)Cc1ccc(O)cc1)C(=O)Nc1sccc1C(N)=O. The molecular formula is C16H16N2O5S. The van der Waals surface area contributed by atoms with Crippen LogP contribution in [0.5, 0.6) is 5.75 Å². The van der Waals surface area contributed by atoms with Crippen molar-refractivity contribution in [1.29, 1.82) is 0 Å². The molecular weight excluding hydrogens is 332 g/mol. The fraction of sp³-hybridized carbons (Fsp3) is 0.188. The molecule has 0 fully saturated rings. The van der Waals surface area contributed by atoms with Gasteiger partial charge in [-0.25, -0.2) is 0 Å². The number of primary amides is 1. The van der Waals surface area contributed by atoms with Gasteiger partial charge in [0.15, 0.2) is 6.10 Å². The molecule has 1 aromatic heterocycles. The third-order valence-corrected chi connectivity index (χ3v) is 3.96. The monoisotopic (exact) mass is 348 g/mol. The zero-order valence-corrected chi connectivity index (χ0v) is 13.6. The van der Waals surface area contributed by atoms with Crippen molar-refractivity contribution in [2.24, 2.45) is 5.73 Å². The molecule has 7 nitrogen and oxygen atoms in total. The van der Waals surface area contributed by atoms with Crippen molar-refractivity contribution in [1.82, 2.24) is 0 Å². The topological polar surface area (TPSA) is 119 Å². The minimum atomic E-state index is -1.03. The van der Waals surface area contributed by atoms with E-state index in [1.165, 1.54) is 25.1 Å². The van der Waals surface area contributed by atoms with Crippen LogP contribution in [0.2, 0.25) is 0 Å². The van der Waals surface area contributed by atoms with E-state index in [4.69, 9.17) is 10.5 Å². The van der Waals surface area contributed by atoms with Crippen molar-refractivity contribution in [3.8, 4) is 5.75 Å². The Morgan fingerprint density at radius 3 is 2.54 bits per heavy atom. The summed E-state index contributed by atoms with van der Waals surface area (Å²) >= 11 is 1.15. The number of thiophene rings is 1. The number of hydrogen-bond donors (Lipinski definition) is 3. The van der Waals surface area contributed by atoms with Crippen molar-refractivity contribution in [3.05, 3.63) is 46.8 Å². The molecule has 0 aliphatic rings. The molecule has 2 rings (SSSR count). The van der Waals surface area contributed by atoms with E-state index >= 15 is 0 Å². The maximum absolute atomic E-state index is 12.1. The number of rotatable bonds is 6. The van der Waals surface area contributed by atoms with Gasteiger partial charge >= 0.3 is 5.97 Å². The summed E-state index contributed by atoms with van der Waals surface area (Å²) in [5, 5.41) is 13.6. The predicted octanol–water partition coefficient (Wildman–Crippen LogP) is 1.67. The smallest absolute Gasteiger partial charge is 0.311 e. The highest BCUT2D eigenvalue weighted by Gasteiger charge is 2.20. The fourth-order valence-corrected chi connectivity index (χ4v) is 2.68. The summed E-state index contributed by atoms with van der Waals surface area (Å²) in [4.78, 5) is 35.1. The lowest BCUT2D eigenvalue weighted by molar-refractivity contribution is -0.152. The Kier molecular flexibility index (Phi) is 5.54. The zero-order valence-electron chi connectivity index (χ0n) is 12.8. The number of benzene rings is 1. The minimum absolute atomic E-state index is 0.0244. The van der Waals surface area contributed by atoms with Gasteiger partial charge in [-0.2, -0.15) is 0 Å². The highest BCUT2D eigenvalue weighted by Crippen LogP contribution is 2.23. The molecule has 126 valence electrons. The molecule has 4 N–H and O–H groups in total. The number of phenolic OH excluding ortho intramolecular Hbond substituents is 1. The van der Waals surface area contributed by atoms with E-state index in [1.807, 2.05) is 0 Å². The summed E-state index contributed by atoms with van der Waals surface area (Å²) in [5.74, 6) is -1.69. The molecule has 1 heterocycles. The van der Waals surface area contributed by atoms with E-state index in [1.54, 1.807) is 17.5 Å². The van der Waals surface area contributed by atoms with Crippen LogP contribution in [0.1, 0.15) is 22.8 Å². The summed E-state index contributed by atoms with van der Waals surface area (Å²) in [6.07, 6.45) is -1.05. The van der Waals surface area contributed by atoms with Crippen LogP contribution in [0.15, 0.2) is 35.7 Å². The van der Waals surface area contributed by atoms with Crippen molar-refractivity contribution >= 4 is 34.1 Å². The normalized spacial score (nSPS) is 11.5. The molecule has 1 atom stereocenters. The number of nitrogens with two attached hydrogens (primary N) is 1. The number of amides is 2. The highest BCUT2D eigenvalue weighted by atomic mass is 32.1. The van der Waals surface area contributed by atoms with E-state index in [0.717, 1.165) is 11.3 Å². The maximum atomic E-state index is 12.1. The largest absolute Gasteiger partial charge is 0.508 e. The average Bonchev–Trinajstić information content (AvgIpc) is 2.97. The number of ether oxygens (including phenoxy) is 1. The maximum Gasteiger partial charge on any atom is 0.311 e. The fourth-order valence-electron chi connectivity index (χ4n) is 1.89. The van der Waals surface area contributed by atoms with Crippen LogP contribution in [0.3, 0.4) is 0 Å². The number of carbonyl (C=O) groups excluding carboxylic acids is 3. The standard InChI is InChI=1S/C16H16N2O5S/c1-9(15(22)18-16-12(14(17)21)6-7-24-16)23-13(20)8-10-2-4-11(19)5-3-10/h2-7,9,19H,8H2,1H3,(H2,17,21)(H,18,22)/t9-/m1/s1. The molecule has 0 saturated heterocycles. The van der Waals surface area contributed by atoms with Gasteiger partial charge in [0.05, 0.1) is 12.0 Å². The summed E-state index contributed by atoms with van der Waals surface area (Å²) in [6.45, 7) is 1.43. The van der Waals surface area contributed by atoms with Crippen LogP contribution in [-0.4, -0.2) is 29.0 Å². The number of carbonyl (C=O) groups is 3. The average molecular weight is 348 g/mol. The summed E-state index contributed by atoms with van der Waals surface area (Å²) < 4.78 is 5.07. The molecule has 1 aromatic carbocycles. The van der Waals surface area contributed by atoms with Crippen molar-refractivity contribution < 1.29 is 24.2 Å². The number of nitrogens with one attached hydrogen (secondary N) is 1. The zero-order chi connectivity index (χ0) is 17.7. The lowest BCUT2D eigenvalue weighted by atomic mass is 10.1. The Hall–Kier alpha value is -2.87. The van der Waals surface area contributed by atoms with Gasteiger partial charge in [-0.15, -0.1) is 11.3 Å². The predicted molar refractivity (Wildman–Crippen MR) is 88.8 cm³/mol. The number of anilines is 1. The van der Waals surface area contributed by atoms with Crippen molar-refractivity contribution in [2.75, 3.05) is 5.32 Å². The Labute approximate surface area is 142 Å². The van der Waals surface area contributed by atoms with Gasteiger partial charge in [0.1, 0.15) is 10.8 Å². The summed E-state index contributed by atoms with van der Waals surface area (Å²) in [5.41, 5.74) is 6.06. The van der Waals surface area contributed by atoms with Gasteiger partial charge in [0, 0.05) is 0 Å². The van der Waals surface area contributed by atoms with E-state index in [0.29, 0.717) is 10.6 Å². The van der Waals surface area contributed by atoms with Crippen LogP contribution in [0.4, 0.5) is 5.00 Å².